The van der Waals surface area contributed by atoms with Crippen molar-refractivity contribution in [2.75, 3.05) is 32.5 Å². The van der Waals surface area contributed by atoms with Crippen LogP contribution >= 0.6 is 0 Å². The number of benzene rings is 1. The van der Waals surface area contributed by atoms with Gasteiger partial charge < -0.3 is 10.2 Å². The molecule has 22 heavy (non-hydrogen) atoms. The molecule has 120 valence electrons. The lowest BCUT2D eigenvalue weighted by Gasteiger charge is -2.14. The molecule has 1 aromatic heterocycles. The summed E-state index contributed by atoms with van der Waals surface area (Å²) in [5, 5.41) is 4.01. The number of anilines is 1. The van der Waals surface area contributed by atoms with Crippen LogP contribution in [0.2, 0.25) is 0 Å². The van der Waals surface area contributed by atoms with Gasteiger partial charge >= 0.3 is 6.18 Å². The van der Waals surface area contributed by atoms with E-state index in [9.17, 15) is 13.2 Å². The average molecular weight is 311 g/mol. The van der Waals surface area contributed by atoms with Gasteiger partial charge in [-0.25, -0.2) is 0 Å². The Balaban J connectivity index is 2.27. The highest BCUT2D eigenvalue weighted by Gasteiger charge is 2.30. The van der Waals surface area contributed by atoms with E-state index in [0.717, 1.165) is 37.3 Å². The summed E-state index contributed by atoms with van der Waals surface area (Å²) >= 11 is 0. The van der Waals surface area contributed by atoms with Gasteiger partial charge in [0.1, 0.15) is 0 Å². The van der Waals surface area contributed by atoms with Crippen LogP contribution in [0.1, 0.15) is 17.7 Å². The summed E-state index contributed by atoms with van der Waals surface area (Å²) < 4.78 is 38.4. The Morgan fingerprint density at radius 1 is 1.18 bits per heavy atom. The minimum absolute atomic E-state index is 0.366. The SMILES string of the molecule is Cc1cc(NCCCN(C)C)c2ccc(C(F)(F)F)cc2n1. The molecular formula is C16H20F3N3. The first-order chi connectivity index (χ1) is 10.3. The topological polar surface area (TPSA) is 28.2 Å². The third-order valence-electron chi connectivity index (χ3n) is 3.36. The Kier molecular flexibility index (Phi) is 4.90. The van der Waals surface area contributed by atoms with E-state index in [0.29, 0.717) is 16.6 Å². The fourth-order valence-corrected chi connectivity index (χ4v) is 2.30. The molecule has 1 N–H and O–H groups in total. The highest BCUT2D eigenvalue weighted by molar-refractivity contribution is 5.91. The molecule has 2 aromatic rings. The molecular weight excluding hydrogens is 291 g/mol. The number of aromatic nitrogens is 1. The van der Waals surface area contributed by atoms with Gasteiger partial charge in [-0.1, -0.05) is 6.07 Å². The molecule has 1 aromatic carbocycles. The molecule has 3 nitrogen and oxygen atoms in total. The van der Waals surface area contributed by atoms with Crippen molar-refractivity contribution in [2.45, 2.75) is 19.5 Å². The summed E-state index contributed by atoms with van der Waals surface area (Å²) in [5.41, 5.74) is 1.22. The lowest BCUT2D eigenvalue weighted by atomic mass is 10.1. The van der Waals surface area contributed by atoms with Gasteiger partial charge in [-0.05, 0) is 52.2 Å². The molecule has 0 fully saturated rings. The largest absolute Gasteiger partial charge is 0.416 e. The summed E-state index contributed by atoms with van der Waals surface area (Å²) in [6.07, 6.45) is -3.39. The van der Waals surface area contributed by atoms with Crippen LogP contribution in [0, 0.1) is 6.92 Å². The van der Waals surface area contributed by atoms with Crippen LogP contribution in [0.25, 0.3) is 10.9 Å². The quantitative estimate of drug-likeness (QED) is 0.848. The number of halogens is 3. The second-order valence-corrected chi connectivity index (χ2v) is 5.62. The zero-order valence-corrected chi connectivity index (χ0v) is 13.0. The van der Waals surface area contributed by atoms with Crippen LogP contribution in [-0.2, 0) is 6.18 Å². The minimum atomic E-state index is -4.35. The van der Waals surface area contributed by atoms with E-state index in [1.807, 2.05) is 20.2 Å². The molecule has 0 saturated carbocycles. The van der Waals surface area contributed by atoms with E-state index in [-0.39, 0.29) is 0 Å². The Hall–Kier alpha value is -1.82. The molecule has 0 bridgehead atoms. The number of nitrogens with one attached hydrogen (secondary N) is 1. The number of aryl methyl sites for hydroxylation is 1. The third kappa shape index (κ3) is 4.10. The highest BCUT2D eigenvalue weighted by atomic mass is 19.4. The van der Waals surface area contributed by atoms with Gasteiger partial charge in [-0.3, -0.25) is 4.98 Å². The van der Waals surface area contributed by atoms with Crippen molar-refractivity contribution in [3.05, 3.63) is 35.5 Å². The van der Waals surface area contributed by atoms with Crippen molar-refractivity contribution < 1.29 is 13.2 Å². The van der Waals surface area contributed by atoms with Gasteiger partial charge in [0.15, 0.2) is 0 Å². The first kappa shape index (κ1) is 16.5. The Morgan fingerprint density at radius 3 is 2.55 bits per heavy atom. The summed E-state index contributed by atoms with van der Waals surface area (Å²) in [6.45, 7) is 3.50. The van der Waals surface area contributed by atoms with Crippen LogP contribution in [0.15, 0.2) is 24.3 Å². The van der Waals surface area contributed by atoms with Gasteiger partial charge in [-0.15, -0.1) is 0 Å². The molecule has 0 unspecified atom stereocenters. The van der Waals surface area contributed by atoms with Gasteiger partial charge in [0.25, 0.3) is 0 Å². The maximum Gasteiger partial charge on any atom is 0.416 e. The highest BCUT2D eigenvalue weighted by Crippen LogP contribution is 2.33. The predicted octanol–water partition coefficient (Wildman–Crippen LogP) is 3.93. The first-order valence-corrected chi connectivity index (χ1v) is 7.14. The van der Waals surface area contributed by atoms with E-state index in [4.69, 9.17) is 0 Å². The molecule has 0 aliphatic carbocycles. The lowest BCUT2D eigenvalue weighted by molar-refractivity contribution is -0.137. The number of alkyl halides is 3. The van der Waals surface area contributed by atoms with Crippen molar-refractivity contribution in [2.24, 2.45) is 0 Å². The van der Waals surface area contributed by atoms with E-state index in [1.165, 1.54) is 6.07 Å². The van der Waals surface area contributed by atoms with Gasteiger partial charge in [0.05, 0.1) is 11.1 Å². The van der Waals surface area contributed by atoms with Crippen LogP contribution in [-0.4, -0.2) is 37.1 Å². The van der Waals surface area contributed by atoms with Gasteiger partial charge in [0, 0.05) is 23.3 Å². The number of fused-ring (bicyclic) bond motifs is 1. The zero-order valence-electron chi connectivity index (χ0n) is 13.0. The maximum absolute atomic E-state index is 12.8. The van der Waals surface area contributed by atoms with Crippen molar-refractivity contribution in [3.8, 4) is 0 Å². The molecule has 2 rings (SSSR count). The van der Waals surface area contributed by atoms with Gasteiger partial charge in [0.2, 0.25) is 0 Å². The number of rotatable bonds is 5. The Bertz CT molecular complexity index is 651. The third-order valence-corrected chi connectivity index (χ3v) is 3.36. The van der Waals surface area contributed by atoms with Crippen LogP contribution < -0.4 is 5.32 Å². The normalized spacial score (nSPS) is 12.1. The van der Waals surface area contributed by atoms with Crippen molar-refractivity contribution in [1.82, 2.24) is 9.88 Å². The molecule has 0 radical (unpaired) electrons. The summed E-state index contributed by atoms with van der Waals surface area (Å²) in [5.74, 6) is 0. The zero-order chi connectivity index (χ0) is 16.3. The minimum Gasteiger partial charge on any atom is -0.384 e. The molecule has 0 atom stereocenters. The molecule has 0 aliphatic rings. The molecule has 0 spiro atoms. The van der Waals surface area contributed by atoms with E-state index in [2.05, 4.69) is 15.2 Å². The standard InChI is InChI=1S/C16H20F3N3/c1-11-9-14(20-7-4-8-22(2)3)13-6-5-12(16(17,18)19)10-15(13)21-11/h5-6,9-10H,4,7-8H2,1-3H3,(H,20,21). The predicted molar refractivity (Wildman–Crippen MR) is 83.1 cm³/mol. The molecule has 6 heteroatoms. The van der Waals surface area contributed by atoms with Crippen molar-refractivity contribution >= 4 is 16.6 Å². The Morgan fingerprint density at radius 2 is 1.91 bits per heavy atom. The first-order valence-electron chi connectivity index (χ1n) is 7.14. The molecule has 0 aliphatic heterocycles. The summed E-state index contributed by atoms with van der Waals surface area (Å²) in [6, 6.07) is 5.56. The van der Waals surface area contributed by atoms with Crippen LogP contribution in [0.3, 0.4) is 0 Å². The fourth-order valence-electron chi connectivity index (χ4n) is 2.30. The summed E-state index contributed by atoms with van der Waals surface area (Å²) in [7, 11) is 4.01. The Labute approximate surface area is 128 Å². The summed E-state index contributed by atoms with van der Waals surface area (Å²) in [4.78, 5) is 6.31. The molecule has 0 saturated heterocycles. The van der Waals surface area contributed by atoms with Crippen LogP contribution in [0.5, 0.6) is 0 Å². The number of hydrogen-bond donors (Lipinski definition) is 1. The van der Waals surface area contributed by atoms with Crippen molar-refractivity contribution in [3.63, 3.8) is 0 Å². The second kappa shape index (κ2) is 6.52. The lowest BCUT2D eigenvalue weighted by Crippen LogP contribution is -2.16. The second-order valence-electron chi connectivity index (χ2n) is 5.62. The molecule has 0 amide bonds. The number of nitrogens with zero attached hydrogens (tertiary/aromatic N) is 2. The monoisotopic (exact) mass is 311 g/mol. The number of pyridine rings is 1. The van der Waals surface area contributed by atoms with Crippen LogP contribution in [0.4, 0.5) is 18.9 Å². The number of hydrogen-bond acceptors (Lipinski definition) is 3. The maximum atomic E-state index is 12.8. The van der Waals surface area contributed by atoms with E-state index in [1.54, 1.807) is 6.92 Å². The van der Waals surface area contributed by atoms with E-state index < -0.39 is 11.7 Å². The average Bonchev–Trinajstić information content (AvgIpc) is 2.41. The van der Waals surface area contributed by atoms with Gasteiger partial charge in [-0.2, -0.15) is 13.2 Å². The molecule has 1 heterocycles. The fraction of sp³-hybridized carbons (Fsp3) is 0.438. The van der Waals surface area contributed by atoms with E-state index >= 15 is 0 Å². The smallest absolute Gasteiger partial charge is 0.384 e. The van der Waals surface area contributed by atoms with Crippen molar-refractivity contribution in [1.29, 1.82) is 0 Å².